The van der Waals surface area contributed by atoms with Gasteiger partial charge in [0.1, 0.15) is 0 Å². The molecule has 1 rings (SSSR count). The number of carboxylic acid groups (broad SMARTS) is 1. The van der Waals surface area contributed by atoms with Crippen LogP contribution >= 0.6 is 11.6 Å². The van der Waals surface area contributed by atoms with Crippen molar-refractivity contribution in [1.29, 1.82) is 0 Å². The lowest BCUT2D eigenvalue weighted by molar-refractivity contribution is -0.136. The molecule has 0 spiro atoms. The Bertz CT molecular complexity index is 556. The Kier molecular flexibility index (Phi) is 4.59. The molecule has 0 aliphatic rings. The number of carbonyl (C=O) groups is 1. The molecule has 18 heavy (non-hydrogen) atoms. The Morgan fingerprint density at radius 3 is 2.50 bits per heavy atom. The largest absolute Gasteiger partial charge is 0.481 e. The average Bonchev–Trinajstić information content (AvgIpc) is 2.18. The number of anilines is 1. The second-order valence-electron chi connectivity index (χ2n) is 3.91. The van der Waals surface area contributed by atoms with Crippen LogP contribution in [-0.4, -0.2) is 32.3 Å². The normalized spacial score (nSPS) is 11.3. The average molecular weight is 292 g/mol. The van der Waals surface area contributed by atoms with E-state index in [9.17, 15) is 13.2 Å². The lowest BCUT2D eigenvalue weighted by atomic mass is 10.2. The maximum Gasteiger partial charge on any atom is 0.305 e. The van der Waals surface area contributed by atoms with Crippen LogP contribution in [0.2, 0.25) is 5.02 Å². The van der Waals surface area contributed by atoms with Gasteiger partial charge in [0.05, 0.1) is 18.4 Å². The molecule has 5 nitrogen and oxygen atoms in total. The van der Waals surface area contributed by atoms with Crippen LogP contribution in [0.5, 0.6) is 0 Å². The fourth-order valence-corrected chi connectivity index (χ4v) is 2.77. The van der Waals surface area contributed by atoms with Gasteiger partial charge in [-0.1, -0.05) is 11.6 Å². The Morgan fingerprint density at radius 1 is 1.44 bits per heavy atom. The van der Waals surface area contributed by atoms with Crippen LogP contribution < -0.4 is 4.31 Å². The minimum Gasteiger partial charge on any atom is -0.481 e. The predicted molar refractivity (Wildman–Crippen MR) is 70.6 cm³/mol. The summed E-state index contributed by atoms with van der Waals surface area (Å²) >= 11 is 5.80. The summed E-state index contributed by atoms with van der Waals surface area (Å²) in [6, 6.07) is 4.78. The third-order valence-electron chi connectivity index (χ3n) is 2.36. The molecule has 0 aliphatic heterocycles. The fraction of sp³-hybridized carbons (Fsp3) is 0.364. The summed E-state index contributed by atoms with van der Waals surface area (Å²) in [7, 11) is -3.52. The van der Waals surface area contributed by atoms with E-state index in [0.717, 1.165) is 10.6 Å². The van der Waals surface area contributed by atoms with Gasteiger partial charge in [-0.3, -0.25) is 9.10 Å². The van der Waals surface area contributed by atoms with Crippen molar-refractivity contribution in [3.8, 4) is 0 Å². The molecule has 1 N–H and O–H groups in total. The highest BCUT2D eigenvalue weighted by atomic mass is 35.5. The van der Waals surface area contributed by atoms with Gasteiger partial charge in [-0.05, 0) is 30.7 Å². The summed E-state index contributed by atoms with van der Waals surface area (Å²) in [4.78, 5) is 10.6. The number of rotatable bonds is 5. The van der Waals surface area contributed by atoms with Crippen molar-refractivity contribution in [2.45, 2.75) is 13.3 Å². The summed E-state index contributed by atoms with van der Waals surface area (Å²) < 4.78 is 24.4. The monoisotopic (exact) mass is 291 g/mol. The van der Waals surface area contributed by atoms with Gasteiger partial charge in [-0.2, -0.15) is 0 Å². The van der Waals surface area contributed by atoms with E-state index in [1.807, 2.05) is 0 Å². The number of benzene rings is 1. The first-order chi connectivity index (χ1) is 8.21. The van der Waals surface area contributed by atoms with E-state index in [1.165, 1.54) is 0 Å². The van der Waals surface area contributed by atoms with Crippen molar-refractivity contribution in [2.75, 3.05) is 17.1 Å². The van der Waals surface area contributed by atoms with Gasteiger partial charge in [-0.25, -0.2) is 8.42 Å². The van der Waals surface area contributed by atoms with Gasteiger partial charge >= 0.3 is 5.97 Å². The molecule has 0 saturated carbocycles. The van der Waals surface area contributed by atoms with Crippen molar-refractivity contribution >= 4 is 33.3 Å². The van der Waals surface area contributed by atoms with Crippen LogP contribution in [0.3, 0.4) is 0 Å². The van der Waals surface area contributed by atoms with Gasteiger partial charge in [0.15, 0.2) is 0 Å². The number of aliphatic carboxylic acids is 1. The maximum absolute atomic E-state index is 11.7. The second-order valence-corrected chi connectivity index (χ2v) is 6.25. The molecule has 0 unspecified atom stereocenters. The van der Waals surface area contributed by atoms with E-state index in [0.29, 0.717) is 16.3 Å². The third-order valence-corrected chi connectivity index (χ3v) is 3.77. The number of hydrogen-bond donors (Lipinski definition) is 1. The summed E-state index contributed by atoms with van der Waals surface area (Å²) in [5.41, 5.74) is 1.13. The molecular formula is C11H14ClNO4S. The van der Waals surface area contributed by atoms with Gasteiger partial charge in [-0.15, -0.1) is 0 Å². The highest BCUT2D eigenvalue weighted by molar-refractivity contribution is 7.92. The first-order valence-electron chi connectivity index (χ1n) is 5.17. The molecule has 0 atom stereocenters. The highest BCUT2D eigenvalue weighted by Gasteiger charge is 2.20. The molecule has 0 aromatic heterocycles. The van der Waals surface area contributed by atoms with Gasteiger partial charge in [0, 0.05) is 11.6 Å². The zero-order valence-electron chi connectivity index (χ0n) is 10.1. The summed E-state index contributed by atoms with van der Waals surface area (Å²) in [6.45, 7) is 1.62. The Labute approximate surface area is 111 Å². The molecule has 0 heterocycles. The zero-order chi connectivity index (χ0) is 13.9. The molecule has 0 saturated heterocycles. The minimum atomic E-state index is -3.52. The minimum absolute atomic E-state index is 0.101. The number of carboxylic acids is 1. The smallest absolute Gasteiger partial charge is 0.305 e. The van der Waals surface area contributed by atoms with Crippen LogP contribution in [0.4, 0.5) is 5.69 Å². The molecular weight excluding hydrogens is 278 g/mol. The van der Waals surface area contributed by atoms with E-state index in [-0.39, 0.29) is 13.0 Å². The van der Waals surface area contributed by atoms with E-state index >= 15 is 0 Å². The van der Waals surface area contributed by atoms with Crippen molar-refractivity contribution < 1.29 is 18.3 Å². The standard InChI is InChI=1S/C11H14ClNO4S/c1-8-7-9(12)3-4-10(8)13(18(2,16)17)6-5-11(14)15/h3-4,7H,5-6H2,1-2H3,(H,14,15). The summed E-state index contributed by atoms with van der Waals surface area (Å²) in [5.74, 6) is -1.05. The van der Waals surface area contributed by atoms with E-state index in [4.69, 9.17) is 16.7 Å². The first-order valence-corrected chi connectivity index (χ1v) is 7.40. The number of halogens is 1. The fourth-order valence-electron chi connectivity index (χ4n) is 1.56. The predicted octanol–water partition coefficient (Wildman–Crippen LogP) is 1.89. The van der Waals surface area contributed by atoms with E-state index in [2.05, 4.69) is 0 Å². The van der Waals surface area contributed by atoms with Crippen LogP contribution in [0, 0.1) is 6.92 Å². The summed E-state index contributed by atoms with van der Waals surface area (Å²) in [5, 5.41) is 9.15. The van der Waals surface area contributed by atoms with Crippen molar-refractivity contribution in [1.82, 2.24) is 0 Å². The quantitative estimate of drug-likeness (QED) is 0.899. The Morgan fingerprint density at radius 2 is 2.06 bits per heavy atom. The van der Waals surface area contributed by atoms with Crippen molar-refractivity contribution in [3.05, 3.63) is 28.8 Å². The molecule has 1 aromatic rings. The lowest BCUT2D eigenvalue weighted by Gasteiger charge is -2.23. The number of hydrogen-bond acceptors (Lipinski definition) is 3. The molecule has 0 radical (unpaired) electrons. The van der Waals surface area contributed by atoms with Crippen LogP contribution in [0.25, 0.3) is 0 Å². The molecule has 0 fully saturated rings. The molecule has 7 heteroatoms. The van der Waals surface area contributed by atoms with Crippen molar-refractivity contribution in [2.24, 2.45) is 0 Å². The van der Waals surface area contributed by atoms with Crippen molar-refractivity contribution in [3.63, 3.8) is 0 Å². The third kappa shape index (κ3) is 3.89. The van der Waals surface area contributed by atoms with Gasteiger partial charge in [0.2, 0.25) is 10.0 Å². The molecule has 0 amide bonds. The van der Waals surface area contributed by atoms with Crippen LogP contribution in [0.1, 0.15) is 12.0 Å². The number of nitrogens with zero attached hydrogens (tertiary/aromatic N) is 1. The Hall–Kier alpha value is -1.27. The van der Waals surface area contributed by atoms with E-state index < -0.39 is 16.0 Å². The highest BCUT2D eigenvalue weighted by Crippen LogP contribution is 2.25. The molecule has 100 valence electrons. The van der Waals surface area contributed by atoms with Gasteiger partial charge in [0.25, 0.3) is 0 Å². The van der Waals surface area contributed by atoms with E-state index in [1.54, 1.807) is 25.1 Å². The Balaban J connectivity index is 3.14. The molecule has 0 aliphatic carbocycles. The van der Waals surface area contributed by atoms with Crippen LogP contribution in [0.15, 0.2) is 18.2 Å². The maximum atomic E-state index is 11.7. The lowest BCUT2D eigenvalue weighted by Crippen LogP contribution is -2.32. The number of sulfonamides is 1. The molecule has 1 aromatic carbocycles. The number of aryl methyl sites for hydroxylation is 1. The first kappa shape index (κ1) is 14.8. The SMILES string of the molecule is Cc1cc(Cl)ccc1N(CCC(=O)O)S(C)(=O)=O. The second kappa shape index (κ2) is 5.58. The van der Waals surface area contributed by atoms with Gasteiger partial charge < -0.3 is 5.11 Å². The van der Waals surface area contributed by atoms with Crippen LogP contribution in [-0.2, 0) is 14.8 Å². The zero-order valence-corrected chi connectivity index (χ0v) is 11.6. The molecule has 0 bridgehead atoms. The topological polar surface area (TPSA) is 74.7 Å². The summed E-state index contributed by atoms with van der Waals surface area (Å²) in [6.07, 6.45) is 0.790.